The van der Waals surface area contributed by atoms with Crippen LogP contribution in [-0.4, -0.2) is 20.7 Å². The van der Waals surface area contributed by atoms with Crippen LogP contribution in [0.5, 0.6) is 0 Å². The molecule has 0 radical (unpaired) electrons. The lowest BCUT2D eigenvalue weighted by Gasteiger charge is -2.11. The van der Waals surface area contributed by atoms with Gasteiger partial charge in [0.1, 0.15) is 18.5 Å². The third-order valence-corrected chi connectivity index (χ3v) is 3.60. The number of carbonyl (C=O) groups is 1. The predicted octanol–water partition coefficient (Wildman–Crippen LogP) is 3.24. The van der Waals surface area contributed by atoms with Gasteiger partial charge in [-0.3, -0.25) is 4.79 Å². The molecule has 0 saturated heterocycles. The molecule has 116 valence electrons. The van der Waals surface area contributed by atoms with E-state index in [-0.39, 0.29) is 22.9 Å². The highest BCUT2D eigenvalue weighted by molar-refractivity contribution is 6.31. The number of carbonyl (C=O) groups excluding carboxylic acids is 1. The summed E-state index contributed by atoms with van der Waals surface area (Å²) in [6, 6.07) is 11.5. The number of benzene rings is 2. The molecule has 3 aromatic rings. The number of anilines is 1. The Morgan fingerprint density at radius 2 is 2.04 bits per heavy atom. The summed E-state index contributed by atoms with van der Waals surface area (Å²) in [7, 11) is 0. The van der Waals surface area contributed by atoms with E-state index in [0.29, 0.717) is 11.4 Å². The summed E-state index contributed by atoms with van der Waals surface area (Å²) >= 11 is 5.95. The van der Waals surface area contributed by atoms with E-state index in [0.717, 1.165) is 0 Å². The molecule has 0 aliphatic heterocycles. The van der Waals surface area contributed by atoms with Crippen LogP contribution in [0.3, 0.4) is 0 Å². The molecule has 0 atom stereocenters. The Balaban J connectivity index is 1.82. The summed E-state index contributed by atoms with van der Waals surface area (Å²) in [5.41, 5.74) is 1.39. The molecule has 1 aromatic heterocycles. The summed E-state index contributed by atoms with van der Waals surface area (Å²) in [4.78, 5) is 16.1. The van der Waals surface area contributed by atoms with Crippen molar-refractivity contribution >= 4 is 23.2 Å². The molecule has 0 bridgehead atoms. The quantitative estimate of drug-likeness (QED) is 0.799. The largest absolute Gasteiger partial charge is 0.324 e. The summed E-state index contributed by atoms with van der Waals surface area (Å²) in [6.45, 7) is 0. The number of hydrogen-bond acceptors (Lipinski definition) is 3. The lowest BCUT2D eigenvalue weighted by atomic mass is 10.1. The second kappa shape index (κ2) is 6.58. The zero-order chi connectivity index (χ0) is 16.2. The van der Waals surface area contributed by atoms with E-state index >= 15 is 0 Å². The molecule has 7 heteroatoms. The summed E-state index contributed by atoms with van der Waals surface area (Å²) in [6.07, 6.45) is 2.77. The summed E-state index contributed by atoms with van der Waals surface area (Å²) in [5, 5.41) is 7.02. The van der Waals surface area contributed by atoms with Gasteiger partial charge in [0.15, 0.2) is 0 Å². The maximum absolute atomic E-state index is 13.8. The van der Waals surface area contributed by atoms with Crippen LogP contribution in [0.25, 0.3) is 5.69 Å². The average Bonchev–Trinajstić information content (AvgIpc) is 3.06. The van der Waals surface area contributed by atoms with Gasteiger partial charge in [0.05, 0.1) is 17.8 Å². The number of nitrogens with one attached hydrogen (secondary N) is 1. The van der Waals surface area contributed by atoms with Crippen molar-refractivity contribution in [2.75, 3.05) is 5.32 Å². The Morgan fingerprint density at radius 3 is 2.78 bits per heavy atom. The number of rotatable bonds is 4. The van der Waals surface area contributed by atoms with Gasteiger partial charge in [-0.05, 0) is 24.3 Å². The van der Waals surface area contributed by atoms with Crippen LogP contribution in [0.4, 0.5) is 10.1 Å². The molecule has 0 aliphatic carbocycles. The molecular weight excluding hydrogens is 319 g/mol. The fraction of sp³-hybridized carbons (Fsp3) is 0.0625. The topological polar surface area (TPSA) is 59.8 Å². The third-order valence-electron chi connectivity index (χ3n) is 3.24. The molecule has 3 rings (SSSR count). The van der Waals surface area contributed by atoms with Crippen LogP contribution in [0.2, 0.25) is 5.02 Å². The van der Waals surface area contributed by atoms with E-state index in [9.17, 15) is 9.18 Å². The zero-order valence-electron chi connectivity index (χ0n) is 11.9. The minimum atomic E-state index is -0.503. The monoisotopic (exact) mass is 330 g/mol. The fourth-order valence-corrected chi connectivity index (χ4v) is 2.40. The highest BCUT2D eigenvalue weighted by Crippen LogP contribution is 2.22. The van der Waals surface area contributed by atoms with Crippen molar-refractivity contribution in [2.45, 2.75) is 6.42 Å². The second-order valence-electron chi connectivity index (χ2n) is 4.78. The third kappa shape index (κ3) is 3.37. The Bertz CT molecular complexity index is 816. The van der Waals surface area contributed by atoms with Gasteiger partial charge in [0, 0.05) is 10.6 Å². The van der Waals surface area contributed by atoms with Gasteiger partial charge in [-0.1, -0.05) is 29.8 Å². The van der Waals surface area contributed by atoms with Crippen LogP contribution >= 0.6 is 11.6 Å². The standard InChI is InChI=1S/C16H12ClFN4O/c17-12-4-3-5-13(18)11(12)8-16(23)21-14-6-1-2-7-15(14)22-10-19-9-20-22/h1-7,9-10H,8H2,(H,21,23). The Morgan fingerprint density at radius 1 is 1.22 bits per heavy atom. The molecule has 23 heavy (non-hydrogen) atoms. The Kier molecular flexibility index (Phi) is 4.34. The predicted molar refractivity (Wildman–Crippen MR) is 85.1 cm³/mol. The van der Waals surface area contributed by atoms with Gasteiger partial charge < -0.3 is 5.32 Å². The minimum absolute atomic E-state index is 0.156. The van der Waals surface area contributed by atoms with E-state index in [1.54, 1.807) is 24.3 Å². The molecule has 2 aromatic carbocycles. The molecule has 0 saturated carbocycles. The number of hydrogen-bond donors (Lipinski definition) is 1. The van der Waals surface area contributed by atoms with Gasteiger partial charge >= 0.3 is 0 Å². The highest BCUT2D eigenvalue weighted by atomic mass is 35.5. The van der Waals surface area contributed by atoms with Crippen LogP contribution in [0.1, 0.15) is 5.56 Å². The lowest BCUT2D eigenvalue weighted by Crippen LogP contribution is -2.17. The van der Waals surface area contributed by atoms with Crippen LogP contribution in [-0.2, 0) is 11.2 Å². The van der Waals surface area contributed by atoms with Crippen LogP contribution in [0, 0.1) is 5.82 Å². The Hall–Kier alpha value is -2.73. The Labute approximate surface area is 136 Å². The van der Waals surface area contributed by atoms with E-state index in [1.807, 2.05) is 6.07 Å². The van der Waals surface area contributed by atoms with Gasteiger partial charge in [-0.15, -0.1) is 0 Å². The molecule has 1 heterocycles. The first kappa shape index (κ1) is 15.2. The van der Waals surface area contributed by atoms with Gasteiger partial charge in [0.25, 0.3) is 0 Å². The zero-order valence-corrected chi connectivity index (χ0v) is 12.7. The average molecular weight is 331 g/mol. The molecule has 0 spiro atoms. The number of para-hydroxylation sites is 2. The van der Waals surface area contributed by atoms with Gasteiger partial charge in [-0.2, -0.15) is 5.10 Å². The SMILES string of the molecule is O=C(Cc1c(F)cccc1Cl)Nc1ccccc1-n1cncn1. The summed E-state index contributed by atoms with van der Waals surface area (Å²) in [5.74, 6) is -0.873. The smallest absolute Gasteiger partial charge is 0.229 e. The normalized spacial score (nSPS) is 10.5. The molecule has 5 nitrogen and oxygen atoms in total. The summed E-state index contributed by atoms with van der Waals surface area (Å²) < 4.78 is 15.3. The molecule has 0 unspecified atom stereocenters. The van der Waals surface area contributed by atoms with Crippen molar-refractivity contribution in [1.82, 2.24) is 14.8 Å². The first-order chi connectivity index (χ1) is 11.1. The molecule has 1 N–H and O–H groups in total. The first-order valence-electron chi connectivity index (χ1n) is 6.82. The van der Waals surface area contributed by atoms with Crippen molar-refractivity contribution in [1.29, 1.82) is 0 Å². The van der Waals surface area contributed by atoms with Crippen LogP contribution in [0.15, 0.2) is 55.1 Å². The first-order valence-corrected chi connectivity index (χ1v) is 7.19. The van der Waals surface area contributed by atoms with Crippen molar-refractivity contribution < 1.29 is 9.18 Å². The van der Waals surface area contributed by atoms with E-state index < -0.39 is 5.82 Å². The molecular formula is C16H12ClFN4O. The maximum Gasteiger partial charge on any atom is 0.229 e. The molecule has 1 amide bonds. The van der Waals surface area contributed by atoms with Crippen molar-refractivity contribution in [3.05, 3.63) is 71.5 Å². The van der Waals surface area contributed by atoms with Gasteiger partial charge in [0.2, 0.25) is 5.91 Å². The van der Waals surface area contributed by atoms with E-state index in [2.05, 4.69) is 15.4 Å². The maximum atomic E-state index is 13.8. The number of aromatic nitrogens is 3. The van der Waals surface area contributed by atoms with Crippen LogP contribution < -0.4 is 5.32 Å². The highest BCUT2D eigenvalue weighted by Gasteiger charge is 2.14. The number of amides is 1. The number of halogens is 2. The molecule has 0 aliphatic rings. The second-order valence-corrected chi connectivity index (χ2v) is 5.19. The van der Waals surface area contributed by atoms with Crippen molar-refractivity contribution in [3.8, 4) is 5.69 Å². The van der Waals surface area contributed by atoms with E-state index in [4.69, 9.17) is 11.6 Å². The fourth-order valence-electron chi connectivity index (χ4n) is 2.17. The molecule has 0 fully saturated rings. The number of nitrogens with zero attached hydrogens (tertiary/aromatic N) is 3. The van der Waals surface area contributed by atoms with Crippen molar-refractivity contribution in [2.24, 2.45) is 0 Å². The van der Waals surface area contributed by atoms with E-state index in [1.165, 1.54) is 29.5 Å². The van der Waals surface area contributed by atoms with Crippen molar-refractivity contribution in [3.63, 3.8) is 0 Å². The van der Waals surface area contributed by atoms with Gasteiger partial charge in [-0.25, -0.2) is 14.1 Å². The minimum Gasteiger partial charge on any atom is -0.324 e. The lowest BCUT2D eigenvalue weighted by molar-refractivity contribution is -0.115.